The van der Waals surface area contributed by atoms with Gasteiger partial charge in [-0.3, -0.25) is 0 Å². The van der Waals surface area contributed by atoms with Crippen molar-refractivity contribution in [3.05, 3.63) is 72.6 Å². The van der Waals surface area contributed by atoms with Crippen molar-refractivity contribution in [1.29, 1.82) is 0 Å². The molecular weight excluding hydrogens is 227 g/mol. The zero-order valence-corrected chi connectivity index (χ0v) is 10.4. The molecule has 0 saturated carbocycles. The van der Waals surface area contributed by atoms with Gasteiger partial charge in [0.15, 0.2) is 0 Å². The van der Waals surface area contributed by atoms with Crippen LogP contribution in [0.1, 0.15) is 12.5 Å². The second-order valence-electron chi connectivity index (χ2n) is 4.66. The molecule has 94 valence electrons. The first-order valence-corrected chi connectivity index (χ1v) is 6.04. The molecule has 3 atom stereocenters. The molecule has 0 aliphatic heterocycles. The van der Waals surface area contributed by atoms with Crippen LogP contribution in [0.5, 0.6) is 0 Å². The van der Waals surface area contributed by atoms with Crippen molar-refractivity contribution in [3.8, 4) is 0 Å². The Hall–Kier alpha value is -1.67. The second-order valence-corrected chi connectivity index (χ2v) is 4.66. The zero-order chi connectivity index (χ0) is 13.2. The summed E-state index contributed by atoms with van der Waals surface area (Å²) in [6, 6.07) is 6.40. The molecule has 1 aliphatic rings. The minimum Gasteiger partial charge on any atom is -0.388 e. The van der Waals surface area contributed by atoms with E-state index in [1.165, 1.54) is 18.2 Å². The van der Waals surface area contributed by atoms with Gasteiger partial charge in [-0.15, -0.1) is 6.58 Å². The monoisotopic (exact) mass is 244 g/mol. The van der Waals surface area contributed by atoms with Crippen molar-refractivity contribution < 1.29 is 9.50 Å². The molecule has 0 fully saturated rings. The van der Waals surface area contributed by atoms with E-state index in [-0.39, 0.29) is 11.7 Å². The minimum absolute atomic E-state index is 0.0669. The summed E-state index contributed by atoms with van der Waals surface area (Å²) >= 11 is 0. The van der Waals surface area contributed by atoms with E-state index in [1.54, 1.807) is 6.07 Å². The van der Waals surface area contributed by atoms with Crippen LogP contribution in [-0.4, -0.2) is 11.2 Å². The van der Waals surface area contributed by atoms with Gasteiger partial charge < -0.3 is 5.11 Å². The third-order valence-corrected chi connectivity index (χ3v) is 3.67. The van der Waals surface area contributed by atoms with E-state index >= 15 is 0 Å². The van der Waals surface area contributed by atoms with Gasteiger partial charge in [0, 0.05) is 5.41 Å². The summed E-state index contributed by atoms with van der Waals surface area (Å²) in [5.74, 6) is -0.226. The first-order chi connectivity index (χ1) is 8.61. The quantitative estimate of drug-likeness (QED) is 0.808. The van der Waals surface area contributed by atoms with Gasteiger partial charge in [-0.05, 0) is 23.6 Å². The van der Waals surface area contributed by atoms with Crippen molar-refractivity contribution >= 4 is 0 Å². The molecule has 2 heteroatoms. The summed E-state index contributed by atoms with van der Waals surface area (Å²) in [5.41, 5.74) is 0.126. The van der Waals surface area contributed by atoms with Crippen LogP contribution in [-0.2, 0) is 5.41 Å². The number of halogens is 1. The van der Waals surface area contributed by atoms with Gasteiger partial charge in [0.2, 0.25) is 0 Å². The Morgan fingerprint density at radius 1 is 1.44 bits per heavy atom. The number of benzene rings is 1. The van der Waals surface area contributed by atoms with Crippen LogP contribution in [0.2, 0.25) is 0 Å². The first kappa shape index (κ1) is 12.8. The lowest BCUT2D eigenvalue weighted by molar-refractivity contribution is 0.127. The highest BCUT2D eigenvalue weighted by Crippen LogP contribution is 2.40. The molecule has 0 heterocycles. The molecule has 0 spiro atoms. The average Bonchev–Trinajstić information content (AvgIpc) is 2.38. The number of allylic oxidation sites excluding steroid dienone is 3. The van der Waals surface area contributed by atoms with Gasteiger partial charge in [-0.1, -0.05) is 49.4 Å². The Labute approximate surface area is 107 Å². The maximum atomic E-state index is 13.4. The predicted octanol–water partition coefficient (Wildman–Crippen LogP) is 3.37. The molecule has 18 heavy (non-hydrogen) atoms. The first-order valence-electron chi connectivity index (χ1n) is 6.04. The number of aliphatic hydroxyl groups excluding tert-OH is 1. The lowest BCUT2D eigenvalue weighted by Crippen LogP contribution is -2.42. The highest BCUT2D eigenvalue weighted by Gasteiger charge is 2.41. The maximum Gasteiger partial charge on any atom is 0.123 e. The van der Waals surface area contributed by atoms with E-state index < -0.39 is 11.5 Å². The average molecular weight is 244 g/mol. The Bertz CT molecular complexity index is 498. The summed E-state index contributed by atoms with van der Waals surface area (Å²) in [6.45, 7) is 5.67. The van der Waals surface area contributed by atoms with E-state index in [0.29, 0.717) is 0 Å². The summed E-state index contributed by atoms with van der Waals surface area (Å²) in [4.78, 5) is 0. The highest BCUT2D eigenvalue weighted by atomic mass is 19.1. The van der Waals surface area contributed by atoms with Crippen LogP contribution in [0.25, 0.3) is 0 Å². The van der Waals surface area contributed by atoms with Crippen LogP contribution in [0.15, 0.2) is 61.2 Å². The van der Waals surface area contributed by atoms with Crippen LogP contribution >= 0.6 is 0 Å². The Morgan fingerprint density at radius 2 is 2.22 bits per heavy atom. The molecule has 0 radical (unpaired) electrons. The molecule has 0 saturated heterocycles. The lowest BCUT2D eigenvalue weighted by Gasteiger charge is -2.40. The summed E-state index contributed by atoms with van der Waals surface area (Å²) in [6.07, 6.45) is 8.52. The van der Waals surface area contributed by atoms with Gasteiger partial charge >= 0.3 is 0 Å². The number of hydrogen-bond acceptors (Lipinski definition) is 1. The topological polar surface area (TPSA) is 20.2 Å². The van der Waals surface area contributed by atoms with Crippen molar-refractivity contribution in [2.45, 2.75) is 18.4 Å². The summed E-state index contributed by atoms with van der Waals surface area (Å²) < 4.78 is 13.4. The molecule has 2 rings (SSSR count). The van der Waals surface area contributed by atoms with Crippen LogP contribution in [0.3, 0.4) is 0 Å². The van der Waals surface area contributed by atoms with Gasteiger partial charge in [0.1, 0.15) is 5.82 Å². The van der Waals surface area contributed by atoms with Crippen LogP contribution in [0.4, 0.5) is 4.39 Å². The van der Waals surface area contributed by atoms with Crippen LogP contribution < -0.4 is 0 Å². The Kier molecular flexibility index (Phi) is 3.48. The SMILES string of the molecule is C=CC(O)C1(c2cccc(F)c2)C=CC=CC1C. The molecule has 3 unspecified atom stereocenters. The molecule has 1 aliphatic carbocycles. The fraction of sp³-hybridized carbons (Fsp3) is 0.250. The number of rotatable bonds is 3. The third-order valence-electron chi connectivity index (χ3n) is 3.67. The van der Waals surface area contributed by atoms with Gasteiger partial charge in [-0.25, -0.2) is 4.39 Å². The second kappa shape index (κ2) is 4.91. The predicted molar refractivity (Wildman–Crippen MR) is 71.7 cm³/mol. The van der Waals surface area contributed by atoms with Gasteiger partial charge in [-0.2, -0.15) is 0 Å². The van der Waals surface area contributed by atoms with E-state index in [4.69, 9.17) is 0 Å². The Balaban J connectivity index is 2.59. The van der Waals surface area contributed by atoms with E-state index in [2.05, 4.69) is 6.58 Å². The number of hydrogen-bond donors (Lipinski definition) is 1. The largest absolute Gasteiger partial charge is 0.388 e. The molecule has 1 nitrogen and oxygen atoms in total. The van der Waals surface area contributed by atoms with Crippen molar-refractivity contribution in [2.24, 2.45) is 5.92 Å². The van der Waals surface area contributed by atoms with Crippen molar-refractivity contribution in [1.82, 2.24) is 0 Å². The minimum atomic E-state index is -0.754. The molecule has 0 aromatic heterocycles. The number of aliphatic hydroxyl groups is 1. The van der Waals surface area contributed by atoms with Crippen LogP contribution in [0, 0.1) is 11.7 Å². The molecular formula is C16H17FO. The smallest absolute Gasteiger partial charge is 0.123 e. The standard InChI is InChI=1S/C16H17FO/c1-3-15(18)16(10-5-4-7-12(16)2)13-8-6-9-14(17)11-13/h3-12,15,18H,1H2,2H3. The summed E-state index contributed by atoms with van der Waals surface area (Å²) in [5, 5.41) is 10.3. The maximum absolute atomic E-state index is 13.4. The lowest BCUT2D eigenvalue weighted by atomic mass is 9.65. The molecule has 1 aromatic carbocycles. The van der Waals surface area contributed by atoms with E-state index in [0.717, 1.165) is 5.56 Å². The van der Waals surface area contributed by atoms with Crippen molar-refractivity contribution in [3.63, 3.8) is 0 Å². The molecule has 0 amide bonds. The third kappa shape index (κ3) is 1.93. The summed E-state index contributed by atoms with van der Waals surface area (Å²) in [7, 11) is 0. The zero-order valence-electron chi connectivity index (χ0n) is 10.4. The molecule has 1 aromatic rings. The highest BCUT2D eigenvalue weighted by molar-refractivity contribution is 5.40. The van der Waals surface area contributed by atoms with E-state index in [1.807, 2.05) is 37.3 Å². The van der Waals surface area contributed by atoms with Gasteiger partial charge in [0.05, 0.1) is 6.10 Å². The molecule has 1 N–H and O–H groups in total. The normalized spacial score (nSPS) is 28.1. The fourth-order valence-electron chi connectivity index (χ4n) is 2.61. The van der Waals surface area contributed by atoms with E-state index in [9.17, 15) is 9.50 Å². The Morgan fingerprint density at radius 3 is 2.83 bits per heavy atom. The van der Waals surface area contributed by atoms with Gasteiger partial charge in [0.25, 0.3) is 0 Å². The fourth-order valence-corrected chi connectivity index (χ4v) is 2.61. The molecule has 0 bridgehead atoms. The van der Waals surface area contributed by atoms with Crippen molar-refractivity contribution in [2.75, 3.05) is 0 Å².